The molecule has 16 nitrogen and oxygen atoms in total. The van der Waals surface area contributed by atoms with Gasteiger partial charge in [0.1, 0.15) is 36.7 Å². The van der Waals surface area contributed by atoms with Crippen LogP contribution in [0.25, 0.3) is 11.1 Å². The maximum absolute atomic E-state index is 13.3. The summed E-state index contributed by atoms with van der Waals surface area (Å²) in [6, 6.07) is 23.0. The van der Waals surface area contributed by atoms with E-state index in [1.165, 1.54) is 4.90 Å². The summed E-state index contributed by atoms with van der Waals surface area (Å²) in [4.78, 5) is 62.7. The molecule has 4 aromatic rings. The van der Waals surface area contributed by atoms with E-state index in [-0.39, 0.29) is 18.9 Å². The second-order valence-corrected chi connectivity index (χ2v) is 13.2. The monoisotopic (exact) mass is 760 g/mol. The molecule has 0 spiro atoms. The zero-order valence-electron chi connectivity index (χ0n) is 30.0. The van der Waals surface area contributed by atoms with E-state index in [1.807, 2.05) is 29.2 Å². The average molecular weight is 761 g/mol. The van der Waals surface area contributed by atoms with Crippen LogP contribution in [0.1, 0.15) is 65.5 Å². The highest BCUT2D eigenvalue weighted by Gasteiger charge is 2.45. The Labute approximate surface area is 315 Å². The zero-order valence-corrected chi connectivity index (χ0v) is 30.0. The molecule has 1 saturated heterocycles. The number of aromatic amines is 1. The Bertz CT molecular complexity index is 2050. The summed E-state index contributed by atoms with van der Waals surface area (Å²) in [7, 11) is 0. The van der Waals surface area contributed by atoms with Crippen molar-refractivity contribution in [2.24, 2.45) is 0 Å². The van der Waals surface area contributed by atoms with E-state index in [0.717, 1.165) is 40.7 Å². The largest absolute Gasteiger partial charge is 0.480 e. The summed E-state index contributed by atoms with van der Waals surface area (Å²) >= 11 is 0. The van der Waals surface area contributed by atoms with E-state index in [9.17, 15) is 39.3 Å². The number of fused-ring (bicyclic) bond motifs is 3. The fourth-order valence-corrected chi connectivity index (χ4v) is 6.81. The van der Waals surface area contributed by atoms with Gasteiger partial charge in [-0.05, 0) is 46.4 Å². The maximum Gasteiger partial charge on any atom is 0.410 e. The van der Waals surface area contributed by atoms with Gasteiger partial charge in [0, 0.05) is 30.6 Å². The standard InChI is InChI=1S/C29H32N2O4.C10H12N2O8/c1-2-3-8-17-31(27(28(32)33)18-20-13-15-21(30)16-14-20)29(34)35-19-26-24-11-6-4-9-22(24)23-10-5-7-12-25(23)26;13-2-4-6(15)7(16)8(20-4)12-3(9(17)18)1-5(14)11-10(12)19/h4-7,9-16,26-27H,2-3,8,17-19,30H2,1H3,(H,32,33);1,4,6-8,13,15-16H,2H2,(H,17,18)(H,11,14,19)/t;4-,6-,7-,8-/m.1/s1. The van der Waals surface area contributed by atoms with Crippen molar-refractivity contribution in [1.82, 2.24) is 14.5 Å². The number of nitrogens with two attached hydrogens (primary N) is 1. The van der Waals surface area contributed by atoms with Crippen LogP contribution in [-0.4, -0.2) is 102 Å². The number of nitrogens with zero attached hydrogens (tertiary/aromatic N) is 2. The van der Waals surface area contributed by atoms with Crippen LogP contribution in [0, 0.1) is 0 Å². The lowest BCUT2D eigenvalue weighted by molar-refractivity contribution is -0.142. The first kappa shape index (κ1) is 40.4. The lowest BCUT2D eigenvalue weighted by Gasteiger charge is -2.29. The Balaban J connectivity index is 0.000000246. The van der Waals surface area contributed by atoms with Crippen LogP contribution in [0.5, 0.6) is 0 Å². The first-order valence-corrected chi connectivity index (χ1v) is 17.8. The van der Waals surface area contributed by atoms with Gasteiger partial charge in [0.25, 0.3) is 5.56 Å². The molecule has 292 valence electrons. The number of hydrogen-bond acceptors (Lipinski definition) is 11. The molecule has 2 heterocycles. The topological polar surface area (TPSA) is 255 Å². The molecule has 1 unspecified atom stereocenters. The number of benzene rings is 3. The molecule has 1 aromatic heterocycles. The molecule has 1 amide bonds. The third kappa shape index (κ3) is 9.12. The number of hydrogen-bond donors (Lipinski definition) is 7. The maximum atomic E-state index is 13.3. The third-order valence-electron chi connectivity index (χ3n) is 9.61. The molecule has 1 aliphatic heterocycles. The smallest absolute Gasteiger partial charge is 0.410 e. The van der Waals surface area contributed by atoms with Crippen LogP contribution in [0.4, 0.5) is 10.5 Å². The molecule has 0 radical (unpaired) electrons. The van der Waals surface area contributed by atoms with Gasteiger partial charge in [-0.15, -0.1) is 0 Å². The number of aliphatic hydroxyl groups excluding tert-OH is 3. The minimum Gasteiger partial charge on any atom is -0.480 e. The Kier molecular flexibility index (Phi) is 13.2. The number of aromatic nitrogens is 2. The summed E-state index contributed by atoms with van der Waals surface area (Å²) in [6.45, 7) is 1.93. The number of H-pyrrole nitrogens is 1. The van der Waals surface area contributed by atoms with Gasteiger partial charge in [0.05, 0.1) is 6.61 Å². The summed E-state index contributed by atoms with van der Waals surface area (Å²) in [6.07, 6.45) is -3.65. The number of ether oxygens (including phenoxy) is 2. The van der Waals surface area contributed by atoms with Crippen LogP contribution >= 0.6 is 0 Å². The summed E-state index contributed by atoms with van der Waals surface area (Å²) < 4.78 is 11.4. The predicted octanol–water partition coefficient (Wildman–Crippen LogP) is 2.55. The molecule has 2 aliphatic rings. The summed E-state index contributed by atoms with van der Waals surface area (Å²) in [5.41, 5.74) is 9.00. The molecule has 0 saturated carbocycles. The number of aliphatic hydroxyl groups is 3. The SMILES string of the molecule is CCCCCN(C(=O)OCC1c2ccccc2-c2ccccc21)C(Cc1ccc(N)cc1)C(=O)O.O=C(O)c1cc(=O)[nH]c(=O)n1[C@@H]1O[C@H](CO)[C@@H](O)[C@H]1O. The summed E-state index contributed by atoms with van der Waals surface area (Å²) in [5.74, 6) is -2.71. The molecule has 55 heavy (non-hydrogen) atoms. The quantitative estimate of drug-likeness (QED) is 0.0765. The first-order valence-electron chi connectivity index (χ1n) is 17.8. The molecular weight excluding hydrogens is 716 g/mol. The number of carbonyl (C=O) groups excluding carboxylic acids is 1. The second-order valence-electron chi connectivity index (χ2n) is 13.2. The van der Waals surface area contributed by atoms with Gasteiger partial charge in [-0.3, -0.25) is 19.2 Å². The van der Waals surface area contributed by atoms with E-state index >= 15 is 0 Å². The first-order chi connectivity index (χ1) is 26.4. The number of amides is 1. The lowest BCUT2D eigenvalue weighted by Crippen LogP contribution is -2.47. The number of carboxylic acid groups (broad SMARTS) is 2. The highest BCUT2D eigenvalue weighted by Crippen LogP contribution is 2.44. The highest BCUT2D eigenvalue weighted by atomic mass is 16.6. The van der Waals surface area contributed by atoms with Gasteiger partial charge in [-0.25, -0.2) is 19.2 Å². The Hall–Kier alpha value is -5.81. The van der Waals surface area contributed by atoms with Crippen LogP contribution in [0.15, 0.2) is 88.5 Å². The Morgan fingerprint density at radius 3 is 2.09 bits per heavy atom. The van der Waals surface area contributed by atoms with Gasteiger partial charge in [-0.2, -0.15) is 0 Å². The van der Waals surface area contributed by atoms with Crippen molar-refractivity contribution >= 4 is 23.7 Å². The number of carboxylic acids is 2. The molecule has 0 bridgehead atoms. The van der Waals surface area contributed by atoms with Gasteiger partial charge >= 0.3 is 23.7 Å². The van der Waals surface area contributed by atoms with Crippen molar-refractivity contribution in [3.05, 3.63) is 122 Å². The van der Waals surface area contributed by atoms with Crippen molar-refractivity contribution in [2.75, 3.05) is 25.5 Å². The number of rotatable bonds is 13. The van der Waals surface area contributed by atoms with Gasteiger partial charge < -0.3 is 40.7 Å². The van der Waals surface area contributed by atoms with E-state index in [2.05, 4.69) is 31.2 Å². The van der Waals surface area contributed by atoms with Crippen LogP contribution in [-0.2, 0) is 20.7 Å². The number of anilines is 1. The summed E-state index contributed by atoms with van der Waals surface area (Å²) in [5, 5.41) is 47.3. The Morgan fingerprint density at radius 2 is 1.55 bits per heavy atom. The molecule has 6 rings (SSSR count). The number of aliphatic carboxylic acids is 1. The number of aromatic carboxylic acids is 1. The lowest BCUT2D eigenvalue weighted by atomic mass is 9.98. The average Bonchev–Trinajstić information content (AvgIpc) is 3.64. The molecule has 8 N–H and O–H groups in total. The van der Waals surface area contributed by atoms with E-state index in [1.54, 1.807) is 24.3 Å². The molecule has 16 heteroatoms. The van der Waals surface area contributed by atoms with Gasteiger partial charge in [0.2, 0.25) is 0 Å². The predicted molar refractivity (Wildman–Crippen MR) is 199 cm³/mol. The third-order valence-corrected chi connectivity index (χ3v) is 9.61. The molecular formula is C39H44N4O12. The molecule has 5 atom stereocenters. The van der Waals surface area contributed by atoms with Crippen molar-refractivity contribution in [1.29, 1.82) is 0 Å². The highest BCUT2D eigenvalue weighted by molar-refractivity contribution is 5.85. The van der Waals surface area contributed by atoms with E-state index in [0.29, 0.717) is 29.3 Å². The fraction of sp³-hybridized carbons (Fsp3) is 0.359. The van der Waals surface area contributed by atoms with Gasteiger partial charge in [0.15, 0.2) is 6.23 Å². The van der Waals surface area contributed by atoms with Crippen LogP contribution < -0.4 is 17.0 Å². The van der Waals surface area contributed by atoms with Crippen LogP contribution in [0.2, 0.25) is 0 Å². The van der Waals surface area contributed by atoms with Gasteiger partial charge in [-0.1, -0.05) is 80.4 Å². The fourth-order valence-electron chi connectivity index (χ4n) is 6.81. The van der Waals surface area contributed by atoms with Crippen molar-refractivity contribution in [3.63, 3.8) is 0 Å². The number of nitrogen functional groups attached to an aromatic ring is 1. The minimum atomic E-state index is -1.63. The van der Waals surface area contributed by atoms with E-state index in [4.69, 9.17) is 25.4 Å². The van der Waals surface area contributed by atoms with Crippen molar-refractivity contribution in [3.8, 4) is 11.1 Å². The molecule has 1 aliphatic carbocycles. The molecule has 3 aromatic carbocycles. The zero-order chi connectivity index (χ0) is 39.8. The normalized spacial score (nSPS) is 19.1. The number of carbonyl (C=O) groups is 3. The minimum absolute atomic E-state index is 0.0794. The number of unbranched alkanes of at least 4 members (excludes halogenated alkanes) is 2. The number of nitrogens with one attached hydrogen (secondary N) is 1. The Morgan fingerprint density at radius 1 is 0.927 bits per heavy atom. The van der Waals surface area contributed by atoms with E-state index < -0.39 is 72.2 Å². The van der Waals surface area contributed by atoms with Crippen LogP contribution in [0.3, 0.4) is 0 Å². The van der Waals surface area contributed by atoms with Crippen molar-refractivity contribution < 1.29 is 49.4 Å². The van der Waals surface area contributed by atoms with Crippen molar-refractivity contribution in [2.45, 2.75) is 69.1 Å². The molecule has 1 fully saturated rings. The second kappa shape index (κ2) is 18.0.